The van der Waals surface area contributed by atoms with E-state index in [1.54, 1.807) is 23.0 Å². The Morgan fingerprint density at radius 1 is 1.30 bits per heavy atom. The van der Waals surface area contributed by atoms with Gasteiger partial charge < -0.3 is 10.5 Å². The van der Waals surface area contributed by atoms with Gasteiger partial charge in [0, 0.05) is 13.5 Å². The second-order valence-corrected chi connectivity index (χ2v) is 6.72. The highest BCUT2D eigenvalue weighted by Crippen LogP contribution is 2.39. The molecule has 2 heterocycles. The minimum absolute atomic E-state index is 0.239. The van der Waals surface area contributed by atoms with Gasteiger partial charge >= 0.3 is 0 Å². The molecular weight excluding hydrogens is 274 g/mol. The maximum absolute atomic E-state index is 6.06. The van der Waals surface area contributed by atoms with Gasteiger partial charge in [0.05, 0.1) is 0 Å². The molecule has 0 radical (unpaired) electrons. The molecule has 0 saturated heterocycles. The number of hydrogen-bond donors (Lipinski definition) is 1. The van der Waals surface area contributed by atoms with Crippen molar-refractivity contribution in [2.24, 2.45) is 11.1 Å². The number of rotatable bonds is 5. The van der Waals surface area contributed by atoms with Gasteiger partial charge in [0.1, 0.15) is 11.6 Å². The van der Waals surface area contributed by atoms with Crippen LogP contribution < -0.4 is 5.73 Å². The Morgan fingerprint density at radius 2 is 2.10 bits per heavy atom. The van der Waals surface area contributed by atoms with Gasteiger partial charge in [0.2, 0.25) is 4.96 Å². The molecule has 1 fully saturated rings. The van der Waals surface area contributed by atoms with E-state index in [0.29, 0.717) is 6.61 Å². The maximum Gasteiger partial charge on any atom is 0.234 e. The van der Waals surface area contributed by atoms with E-state index in [1.165, 1.54) is 32.1 Å². The number of nitrogens with zero attached hydrogens (tertiary/aromatic N) is 4. The lowest BCUT2D eigenvalue weighted by atomic mass is 9.72. The number of ether oxygens (including phenoxy) is 1. The smallest absolute Gasteiger partial charge is 0.234 e. The third-order valence-corrected chi connectivity index (χ3v) is 5.14. The molecule has 1 saturated carbocycles. The van der Waals surface area contributed by atoms with Gasteiger partial charge in [0.15, 0.2) is 5.82 Å². The highest BCUT2D eigenvalue weighted by molar-refractivity contribution is 7.16. The normalized spacial score (nSPS) is 18.7. The molecule has 6 nitrogen and oxygen atoms in total. The Kier molecular flexibility index (Phi) is 4.00. The average Bonchev–Trinajstić information content (AvgIpc) is 3.02. The van der Waals surface area contributed by atoms with Crippen LogP contribution in [-0.2, 0) is 17.8 Å². The van der Waals surface area contributed by atoms with Crippen LogP contribution >= 0.6 is 11.3 Å². The molecule has 0 atom stereocenters. The third kappa shape index (κ3) is 2.57. The zero-order chi connectivity index (χ0) is 14.0. The summed E-state index contributed by atoms with van der Waals surface area (Å²) in [6.45, 7) is 1.18. The maximum atomic E-state index is 6.06. The Balaban J connectivity index is 1.83. The summed E-state index contributed by atoms with van der Waals surface area (Å²) in [6.07, 6.45) is 7.31. The van der Waals surface area contributed by atoms with E-state index < -0.39 is 0 Å². The molecule has 2 aromatic heterocycles. The van der Waals surface area contributed by atoms with Crippen LogP contribution in [0.5, 0.6) is 0 Å². The molecule has 2 N–H and O–H groups in total. The molecule has 7 heteroatoms. The molecule has 0 aliphatic heterocycles. The minimum Gasteiger partial charge on any atom is -0.377 e. The van der Waals surface area contributed by atoms with Gasteiger partial charge in [-0.15, -0.1) is 10.2 Å². The summed E-state index contributed by atoms with van der Waals surface area (Å²) < 4.78 is 6.92. The first-order chi connectivity index (χ1) is 9.76. The number of fused-ring (bicyclic) bond motifs is 1. The highest BCUT2D eigenvalue weighted by Gasteiger charge is 2.32. The van der Waals surface area contributed by atoms with E-state index in [-0.39, 0.29) is 5.41 Å². The number of nitrogens with two attached hydrogens (primary N) is 1. The Labute approximate surface area is 122 Å². The van der Waals surface area contributed by atoms with E-state index in [9.17, 15) is 0 Å². The van der Waals surface area contributed by atoms with Gasteiger partial charge in [0.25, 0.3) is 0 Å². The van der Waals surface area contributed by atoms with E-state index >= 15 is 0 Å². The van der Waals surface area contributed by atoms with Crippen LogP contribution in [0.15, 0.2) is 0 Å². The average molecular weight is 295 g/mol. The summed E-state index contributed by atoms with van der Waals surface area (Å²) in [7, 11) is 1.65. The summed E-state index contributed by atoms with van der Waals surface area (Å²) in [5, 5.41) is 14.0. The van der Waals surface area contributed by atoms with Crippen molar-refractivity contribution in [2.75, 3.05) is 13.7 Å². The molecule has 0 unspecified atom stereocenters. The predicted octanol–water partition coefficient (Wildman–Crippen LogP) is 1.78. The van der Waals surface area contributed by atoms with Crippen molar-refractivity contribution in [3.05, 3.63) is 10.8 Å². The molecule has 0 amide bonds. The van der Waals surface area contributed by atoms with Crippen molar-refractivity contribution in [3.63, 3.8) is 0 Å². The molecule has 1 aliphatic rings. The quantitative estimate of drug-likeness (QED) is 0.909. The Morgan fingerprint density at radius 3 is 2.80 bits per heavy atom. The largest absolute Gasteiger partial charge is 0.377 e. The first kappa shape index (κ1) is 13.9. The van der Waals surface area contributed by atoms with Crippen LogP contribution in [0.2, 0.25) is 0 Å². The zero-order valence-corrected chi connectivity index (χ0v) is 12.7. The lowest BCUT2D eigenvalue weighted by molar-refractivity contribution is 0.175. The van der Waals surface area contributed by atoms with Gasteiger partial charge in [-0.25, -0.2) is 0 Å². The lowest BCUT2D eigenvalue weighted by Gasteiger charge is -2.35. The van der Waals surface area contributed by atoms with Crippen LogP contribution in [0.4, 0.5) is 0 Å². The van der Waals surface area contributed by atoms with Crippen LogP contribution in [0.1, 0.15) is 42.9 Å². The van der Waals surface area contributed by atoms with Gasteiger partial charge in [-0.1, -0.05) is 30.6 Å². The van der Waals surface area contributed by atoms with Gasteiger partial charge in [-0.2, -0.15) is 9.61 Å². The topological polar surface area (TPSA) is 78.3 Å². The van der Waals surface area contributed by atoms with E-state index in [2.05, 4.69) is 15.3 Å². The van der Waals surface area contributed by atoms with Crippen LogP contribution in [0.25, 0.3) is 4.96 Å². The second-order valence-electron chi connectivity index (χ2n) is 5.68. The first-order valence-electron chi connectivity index (χ1n) is 7.15. The van der Waals surface area contributed by atoms with E-state index in [1.807, 2.05) is 0 Å². The fraction of sp³-hybridized carbons (Fsp3) is 0.769. The number of hydrogen-bond acceptors (Lipinski definition) is 6. The van der Waals surface area contributed by atoms with Crippen molar-refractivity contribution in [3.8, 4) is 0 Å². The molecule has 0 spiro atoms. The van der Waals surface area contributed by atoms with E-state index in [0.717, 1.165) is 28.8 Å². The Hall–Kier alpha value is -1.05. The summed E-state index contributed by atoms with van der Waals surface area (Å²) in [4.78, 5) is 0.843. The van der Waals surface area contributed by atoms with E-state index in [4.69, 9.17) is 10.5 Å². The van der Waals surface area contributed by atoms with Crippen molar-refractivity contribution in [1.29, 1.82) is 0 Å². The first-order valence-corrected chi connectivity index (χ1v) is 7.97. The number of methoxy groups -OCH3 is 1. The van der Waals surface area contributed by atoms with Crippen molar-refractivity contribution < 1.29 is 4.74 Å². The minimum atomic E-state index is 0.239. The highest BCUT2D eigenvalue weighted by atomic mass is 32.1. The lowest BCUT2D eigenvalue weighted by Crippen LogP contribution is -2.34. The van der Waals surface area contributed by atoms with Crippen LogP contribution in [0, 0.1) is 5.41 Å². The van der Waals surface area contributed by atoms with Crippen LogP contribution in [0.3, 0.4) is 0 Å². The Bertz CT molecular complexity index is 572. The van der Waals surface area contributed by atoms with Crippen molar-refractivity contribution in [2.45, 2.75) is 45.1 Å². The second kappa shape index (κ2) is 5.75. The summed E-state index contributed by atoms with van der Waals surface area (Å²) >= 11 is 1.62. The molecule has 110 valence electrons. The molecule has 2 aromatic rings. The molecule has 0 aromatic carbocycles. The number of aromatic nitrogens is 4. The van der Waals surface area contributed by atoms with Crippen molar-refractivity contribution in [1.82, 2.24) is 19.8 Å². The van der Waals surface area contributed by atoms with Crippen molar-refractivity contribution >= 4 is 16.3 Å². The molecule has 0 bridgehead atoms. The van der Waals surface area contributed by atoms with Crippen LogP contribution in [-0.4, -0.2) is 33.5 Å². The monoisotopic (exact) mass is 295 g/mol. The van der Waals surface area contributed by atoms with Gasteiger partial charge in [-0.05, 0) is 24.8 Å². The molecule has 1 aliphatic carbocycles. The predicted molar refractivity (Wildman–Crippen MR) is 77.6 cm³/mol. The zero-order valence-electron chi connectivity index (χ0n) is 11.8. The molecule has 20 heavy (non-hydrogen) atoms. The SMILES string of the molecule is COCc1nnc2sc(CC3(CN)CCCCC3)nn12. The standard InChI is InChI=1S/C13H21N5OS/c1-19-8-10-15-16-12-18(10)17-11(20-12)7-13(9-14)5-3-2-4-6-13/h2-9,14H2,1H3. The molecule has 3 rings (SSSR count). The summed E-state index contributed by atoms with van der Waals surface area (Å²) in [5.74, 6) is 0.760. The fourth-order valence-corrected chi connectivity index (χ4v) is 4.09. The summed E-state index contributed by atoms with van der Waals surface area (Å²) in [5.41, 5.74) is 6.29. The fourth-order valence-electron chi connectivity index (χ4n) is 3.06. The molecular formula is C13H21N5OS. The third-order valence-electron chi connectivity index (χ3n) is 4.24. The van der Waals surface area contributed by atoms with Gasteiger partial charge in [-0.3, -0.25) is 0 Å². The summed E-state index contributed by atoms with van der Waals surface area (Å²) in [6, 6.07) is 0.